The summed E-state index contributed by atoms with van der Waals surface area (Å²) in [4.78, 5) is 2.38. The van der Waals surface area contributed by atoms with Crippen molar-refractivity contribution in [2.75, 3.05) is 39.5 Å². The third kappa shape index (κ3) is 5.05. The number of hydrogen-bond donors (Lipinski definition) is 0. The van der Waals surface area contributed by atoms with Crippen molar-refractivity contribution in [3.8, 4) is 5.75 Å². The van der Waals surface area contributed by atoms with Crippen LogP contribution in [0, 0.1) is 0 Å². The molecule has 3 nitrogen and oxygen atoms in total. The van der Waals surface area contributed by atoms with E-state index in [1.807, 2.05) is 12.1 Å². The zero-order valence-electron chi connectivity index (χ0n) is 11.7. The quantitative estimate of drug-likeness (QED) is 0.786. The smallest absolute Gasteiger partial charge is 0.119 e. The first-order valence-electron chi connectivity index (χ1n) is 7.08. The largest absolute Gasteiger partial charge is 0.492 e. The first kappa shape index (κ1) is 14.1. The van der Waals surface area contributed by atoms with Crippen LogP contribution < -0.4 is 4.74 Å². The van der Waals surface area contributed by atoms with E-state index >= 15 is 0 Å². The van der Waals surface area contributed by atoms with Gasteiger partial charge in [-0.2, -0.15) is 0 Å². The Labute approximate surface area is 115 Å². The van der Waals surface area contributed by atoms with E-state index in [4.69, 9.17) is 9.47 Å². The molecular formula is C16H23NO2. The van der Waals surface area contributed by atoms with Gasteiger partial charge in [0.05, 0.1) is 13.2 Å². The maximum Gasteiger partial charge on any atom is 0.119 e. The lowest BCUT2D eigenvalue weighted by Gasteiger charge is -2.26. The molecule has 19 heavy (non-hydrogen) atoms. The lowest BCUT2D eigenvalue weighted by atomic mass is 10.2. The van der Waals surface area contributed by atoms with Crippen LogP contribution in [0.15, 0.2) is 30.3 Å². The summed E-state index contributed by atoms with van der Waals surface area (Å²) >= 11 is 0. The van der Waals surface area contributed by atoms with Crippen LogP contribution in [0.4, 0.5) is 0 Å². The maximum atomic E-state index is 5.76. The second kappa shape index (κ2) is 7.97. The summed E-state index contributed by atoms with van der Waals surface area (Å²) in [6, 6.07) is 8.26. The summed E-state index contributed by atoms with van der Waals surface area (Å²) in [5, 5.41) is 0. The highest BCUT2D eigenvalue weighted by Crippen LogP contribution is 2.13. The molecule has 0 unspecified atom stereocenters. The van der Waals surface area contributed by atoms with Crippen LogP contribution in [0.2, 0.25) is 0 Å². The van der Waals surface area contributed by atoms with Crippen molar-refractivity contribution in [1.29, 1.82) is 0 Å². The minimum absolute atomic E-state index is 0.740. The van der Waals surface area contributed by atoms with E-state index < -0.39 is 0 Å². The van der Waals surface area contributed by atoms with E-state index in [1.54, 1.807) is 0 Å². The second-order valence-corrected chi connectivity index (χ2v) is 4.68. The first-order valence-corrected chi connectivity index (χ1v) is 7.08. The van der Waals surface area contributed by atoms with Gasteiger partial charge in [0, 0.05) is 19.6 Å². The molecule has 2 rings (SSSR count). The van der Waals surface area contributed by atoms with Crippen molar-refractivity contribution in [3.05, 3.63) is 35.9 Å². The molecule has 0 bridgehead atoms. The zero-order valence-corrected chi connectivity index (χ0v) is 11.7. The summed E-state index contributed by atoms with van der Waals surface area (Å²) in [7, 11) is 0. The van der Waals surface area contributed by atoms with Crippen LogP contribution in [0.3, 0.4) is 0 Å². The van der Waals surface area contributed by atoms with Gasteiger partial charge in [-0.25, -0.2) is 0 Å². The molecule has 0 saturated carbocycles. The Kier molecular flexibility index (Phi) is 5.92. The standard InChI is InChI=1S/C16H23NO2/c1-2-3-4-15-5-7-16(8-6-15)19-14-11-17-9-12-18-13-10-17/h3-8H,2,9-14H2,1H3/b4-3+. The number of nitrogens with zero attached hydrogens (tertiary/aromatic N) is 1. The first-order chi connectivity index (χ1) is 9.38. The zero-order chi connectivity index (χ0) is 13.3. The minimum atomic E-state index is 0.740. The van der Waals surface area contributed by atoms with Crippen LogP contribution in [0.5, 0.6) is 5.75 Å². The van der Waals surface area contributed by atoms with E-state index in [9.17, 15) is 0 Å². The maximum absolute atomic E-state index is 5.76. The summed E-state index contributed by atoms with van der Waals surface area (Å²) in [6.07, 6.45) is 5.36. The predicted octanol–water partition coefficient (Wildman–Crippen LogP) is 2.82. The van der Waals surface area contributed by atoms with Gasteiger partial charge in [0.1, 0.15) is 12.4 Å². The van der Waals surface area contributed by atoms with Crippen molar-refractivity contribution in [1.82, 2.24) is 4.90 Å². The second-order valence-electron chi connectivity index (χ2n) is 4.68. The minimum Gasteiger partial charge on any atom is -0.492 e. The SMILES string of the molecule is CC/C=C/c1ccc(OCCN2CCOCC2)cc1. The van der Waals surface area contributed by atoms with E-state index in [0.29, 0.717) is 0 Å². The van der Waals surface area contributed by atoms with E-state index in [0.717, 1.165) is 51.6 Å². The number of ether oxygens (including phenoxy) is 2. The Morgan fingerprint density at radius 3 is 2.63 bits per heavy atom. The Morgan fingerprint density at radius 1 is 1.21 bits per heavy atom. The van der Waals surface area contributed by atoms with Crippen molar-refractivity contribution in [2.45, 2.75) is 13.3 Å². The Morgan fingerprint density at radius 2 is 1.95 bits per heavy atom. The van der Waals surface area contributed by atoms with Gasteiger partial charge in [-0.15, -0.1) is 0 Å². The highest BCUT2D eigenvalue weighted by molar-refractivity contribution is 5.50. The fourth-order valence-corrected chi connectivity index (χ4v) is 2.05. The molecular weight excluding hydrogens is 238 g/mol. The van der Waals surface area contributed by atoms with Crippen LogP contribution in [-0.4, -0.2) is 44.4 Å². The molecule has 3 heteroatoms. The predicted molar refractivity (Wildman–Crippen MR) is 78.5 cm³/mol. The third-order valence-electron chi connectivity index (χ3n) is 3.21. The molecule has 1 aromatic rings. The highest BCUT2D eigenvalue weighted by atomic mass is 16.5. The van der Waals surface area contributed by atoms with Crippen molar-refractivity contribution in [3.63, 3.8) is 0 Å². The average Bonchev–Trinajstić information content (AvgIpc) is 2.47. The molecule has 1 saturated heterocycles. The van der Waals surface area contributed by atoms with Gasteiger partial charge in [-0.1, -0.05) is 31.2 Å². The number of allylic oxidation sites excluding steroid dienone is 1. The Balaban J connectivity index is 1.71. The third-order valence-corrected chi connectivity index (χ3v) is 3.21. The number of benzene rings is 1. The normalized spacial score (nSPS) is 16.9. The van der Waals surface area contributed by atoms with Gasteiger partial charge in [0.15, 0.2) is 0 Å². The fourth-order valence-electron chi connectivity index (χ4n) is 2.05. The van der Waals surface area contributed by atoms with Crippen LogP contribution in [0.1, 0.15) is 18.9 Å². The molecule has 0 aromatic heterocycles. The lowest BCUT2D eigenvalue weighted by molar-refractivity contribution is 0.0322. The van der Waals surface area contributed by atoms with Crippen LogP contribution in [0.25, 0.3) is 6.08 Å². The van der Waals surface area contributed by atoms with Crippen molar-refractivity contribution >= 4 is 6.08 Å². The Hall–Kier alpha value is -1.32. The van der Waals surface area contributed by atoms with Crippen molar-refractivity contribution < 1.29 is 9.47 Å². The highest BCUT2D eigenvalue weighted by Gasteiger charge is 2.09. The molecule has 1 heterocycles. The molecule has 1 aliphatic rings. The Bertz CT molecular complexity index is 380. The topological polar surface area (TPSA) is 21.7 Å². The molecule has 1 fully saturated rings. The molecule has 0 aliphatic carbocycles. The van der Waals surface area contributed by atoms with Gasteiger partial charge >= 0.3 is 0 Å². The number of hydrogen-bond acceptors (Lipinski definition) is 3. The number of morpholine rings is 1. The molecule has 104 valence electrons. The average molecular weight is 261 g/mol. The molecule has 0 amide bonds. The summed E-state index contributed by atoms with van der Waals surface area (Å²) < 4.78 is 11.1. The monoisotopic (exact) mass is 261 g/mol. The van der Waals surface area contributed by atoms with Gasteiger partial charge < -0.3 is 9.47 Å². The summed E-state index contributed by atoms with van der Waals surface area (Å²) in [5.74, 6) is 0.946. The van der Waals surface area contributed by atoms with Gasteiger partial charge in [0.25, 0.3) is 0 Å². The molecule has 0 atom stereocenters. The molecule has 1 aliphatic heterocycles. The van der Waals surface area contributed by atoms with Crippen LogP contribution >= 0.6 is 0 Å². The molecule has 1 aromatic carbocycles. The molecule has 0 radical (unpaired) electrons. The van der Waals surface area contributed by atoms with E-state index in [-0.39, 0.29) is 0 Å². The number of rotatable bonds is 6. The van der Waals surface area contributed by atoms with Gasteiger partial charge in [0.2, 0.25) is 0 Å². The molecule has 0 spiro atoms. The van der Waals surface area contributed by atoms with E-state index in [2.05, 4.69) is 36.1 Å². The molecule has 0 N–H and O–H groups in total. The fraction of sp³-hybridized carbons (Fsp3) is 0.500. The van der Waals surface area contributed by atoms with Gasteiger partial charge in [-0.05, 0) is 24.1 Å². The summed E-state index contributed by atoms with van der Waals surface area (Å²) in [5.41, 5.74) is 1.22. The van der Waals surface area contributed by atoms with Crippen molar-refractivity contribution in [2.24, 2.45) is 0 Å². The lowest BCUT2D eigenvalue weighted by Crippen LogP contribution is -2.38. The van der Waals surface area contributed by atoms with E-state index in [1.165, 1.54) is 5.56 Å². The summed E-state index contributed by atoms with van der Waals surface area (Å²) in [6.45, 7) is 7.58. The van der Waals surface area contributed by atoms with Crippen LogP contribution in [-0.2, 0) is 4.74 Å². The van der Waals surface area contributed by atoms with Gasteiger partial charge in [-0.3, -0.25) is 4.90 Å².